The van der Waals surface area contributed by atoms with Gasteiger partial charge < -0.3 is 35.4 Å². The van der Waals surface area contributed by atoms with E-state index in [1.54, 1.807) is 0 Å². The van der Waals surface area contributed by atoms with Crippen molar-refractivity contribution in [2.24, 2.45) is 16.9 Å². The lowest BCUT2D eigenvalue weighted by molar-refractivity contribution is -0.0515. The number of unbranched alkanes of at least 4 members (excludes halogenated alkanes) is 1. The Bertz CT molecular complexity index is 1410. The largest absolute Gasteiger partial charge is 0.490 e. The van der Waals surface area contributed by atoms with E-state index >= 15 is 0 Å². The Kier molecular flexibility index (Phi) is 11.4. The van der Waals surface area contributed by atoms with Crippen LogP contribution in [0.3, 0.4) is 0 Å². The zero-order valence-electron chi connectivity index (χ0n) is 23.9. The van der Waals surface area contributed by atoms with Gasteiger partial charge in [0.25, 0.3) is 5.91 Å². The Labute approximate surface area is 245 Å². The SMILES string of the molecule is CC(C)(C)CC(OC(N)=O)c1oc(-c2ccc(OC(F)F)c(OCCCCN)c2)nc1C(=O)NCc1ccc(F)cc1F. The van der Waals surface area contributed by atoms with Crippen LogP contribution in [0.4, 0.5) is 22.4 Å². The molecule has 0 aliphatic heterocycles. The van der Waals surface area contributed by atoms with Gasteiger partial charge in [0.2, 0.25) is 5.89 Å². The summed E-state index contributed by atoms with van der Waals surface area (Å²) in [4.78, 5) is 29.4. The lowest BCUT2D eigenvalue weighted by Crippen LogP contribution is -2.27. The number of hydrogen-bond donors (Lipinski definition) is 3. The average molecular weight is 611 g/mol. The summed E-state index contributed by atoms with van der Waals surface area (Å²) in [6, 6.07) is 6.84. The van der Waals surface area contributed by atoms with Crippen LogP contribution in [0.15, 0.2) is 40.8 Å². The summed E-state index contributed by atoms with van der Waals surface area (Å²) in [7, 11) is 0. The van der Waals surface area contributed by atoms with Gasteiger partial charge in [-0.2, -0.15) is 8.78 Å². The normalized spacial score (nSPS) is 12.2. The molecule has 1 unspecified atom stereocenters. The average Bonchev–Trinajstić information content (AvgIpc) is 3.35. The summed E-state index contributed by atoms with van der Waals surface area (Å²) in [5.41, 5.74) is 10.3. The number of halogens is 4. The number of carbonyl (C=O) groups excluding carboxylic acids is 2. The van der Waals surface area contributed by atoms with Crippen LogP contribution >= 0.6 is 0 Å². The number of primary amides is 1. The molecule has 0 saturated carbocycles. The highest BCUT2D eigenvalue weighted by atomic mass is 19.3. The molecule has 0 aliphatic carbocycles. The number of aromatic nitrogens is 1. The fourth-order valence-electron chi connectivity index (χ4n) is 4.02. The van der Waals surface area contributed by atoms with E-state index < -0.39 is 41.8 Å². The number of nitrogens with zero attached hydrogens (tertiary/aromatic N) is 1. The van der Waals surface area contributed by atoms with Crippen molar-refractivity contribution in [3.05, 3.63) is 65.1 Å². The van der Waals surface area contributed by atoms with E-state index in [1.807, 2.05) is 20.8 Å². The molecule has 0 radical (unpaired) electrons. The molecule has 0 bridgehead atoms. The van der Waals surface area contributed by atoms with E-state index in [0.717, 1.165) is 6.07 Å². The van der Waals surface area contributed by atoms with E-state index in [9.17, 15) is 27.2 Å². The molecule has 14 heteroatoms. The lowest BCUT2D eigenvalue weighted by atomic mass is 9.88. The van der Waals surface area contributed by atoms with Crippen molar-refractivity contribution < 1.29 is 45.8 Å². The van der Waals surface area contributed by atoms with Crippen molar-refractivity contribution in [1.29, 1.82) is 0 Å². The molecular weight excluding hydrogens is 576 g/mol. The van der Waals surface area contributed by atoms with Crippen molar-refractivity contribution in [3.63, 3.8) is 0 Å². The summed E-state index contributed by atoms with van der Waals surface area (Å²) in [5, 5.41) is 2.50. The zero-order valence-corrected chi connectivity index (χ0v) is 23.9. The summed E-state index contributed by atoms with van der Waals surface area (Å²) in [6.07, 6.45) is -0.934. The first-order chi connectivity index (χ1) is 20.3. The highest BCUT2D eigenvalue weighted by Crippen LogP contribution is 2.38. The predicted octanol–water partition coefficient (Wildman–Crippen LogP) is 5.84. The third-order valence-corrected chi connectivity index (χ3v) is 5.93. The van der Waals surface area contributed by atoms with Gasteiger partial charge in [0, 0.05) is 23.7 Å². The summed E-state index contributed by atoms with van der Waals surface area (Å²) in [5.74, 6) is -3.04. The van der Waals surface area contributed by atoms with Crippen molar-refractivity contribution >= 4 is 12.0 Å². The van der Waals surface area contributed by atoms with Crippen LogP contribution in [0.5, 0.6) is 11.5 Å². The minimum absolute atomic E-state index is 0.00527. The van der Waals surface area contributed by atoms with Crippen LogP contribution in [0, 0.1) is 17.0 Å². The third-order valence-electron chi connectivity index (χ3n) is 5.93. The van der Waals surface area contributed by atoms with E-state index in [0.29, 0.717) is 25.5 Å². The van der Waals surface area contributed by atoms with Gasteiger partial charge in [-0.05, 0) is 55.5 Å². The van der Waals surface area contributed by atoms with E-state index in [-0.39, 0.29) is 59.5 Å². The third kappa shape index (κ3) is 9.87. The van der Waals surface area contributed by atoms with Gasteiger partial charge in [-0.25, -0.2) is 18.6 Å². The Morgan fingerprint density at radius 3 is 2.44 bits per heavy atom. The fraction of sp³-hybridized carbons (Fsp3) is 0.414. The second kappa shape index (κ2) is 14.7. The number of ether oxygens (including phenoxy) is 3. The first kappa shape index (κ1) is 33.2. The van der Waals surface area contributed by atoms with Crippen molar-refractivity contribution in [2.75, 3.05) is 13.2 Å². The van der Waals surface area contributed by atoms with Crippen LogP contribution in [-0.4, -0.2) is 36.7 Å². The number of oxazole rings is 1. The van der Waals surface area contributed by atoms with Gasteiger partial charge in [0.15, 0.2) is 29.1 Å². The van der Waals surface area contributed by atoms with E-state index in [2.05, 4.69) is 15.0 Å². The van der Waals surface area contributed by atoms with Gasteiger partial charge in [0.05, 0.1) is 6.61 Å². The molecule has 0 spiro atoms. The van der Waals surface area contributed by atoms with Crippen molar-refractivity contribution in [2.45, 2.75) is 59.3 Å². The predicted molar refractivity (Wildman–Crippen MR) is 147 cm³/mol. The Morgan fingerprint density at radius 2 is 1.81 bits per heavy atom. The molecule has 0 fully saturated rings. The van der Waals surface area contributed by atoms with Gasteiger partial charge >= 0.3 is 12.7 Å². The maximum Gasteiger partial charge on any atom is 0.405 e. The van der Waals surface area contributed by atoms with Crippen molar-refractivity contribution in [3.8, 4) is 23.0 Å². The first-order valence-electron chi connectivity index (χ1n) is 13.4. The van der Waals surface area contributed by atoms with Crippen LogP contribution in [-0.2, 0) is 11.3 Å². The van der Waals surface area contributed by atoms with Gasteiger partial charge in [-0.3, -0.25) is 4.79 Å². The number of nitrogens with two attached hydrogens (primary N) is 2. The maximum absolute atomic E-state index is 14.2. The summed E-state index contributed by atoms with van der Waals surface area (Å²) < 4.78 is 75.0. The van der Waals surface area contributed by atoms with Gasteiger partial charge in [-0.15, -0.1) is 0 Å². The van der Waals surface area contributed by atoms with E-state index in [1.165, 1.54) is 24.3 Å². The van der Waals surface area contributed by atoms with Gasteiger partial charge in [0.1, 0.15) is 11.6 Å². The summed E-state index contributed by atoms with van der Waals surface area (Å²) >= 11 is 0. The van der Waals surface area contributed by atoms with Crippen LogP contribution in [0.25, 0.3) is 11.5 Å². The molecule has 1 aromatic heterocycles. The fourth-order valence-corrected chi connectivity index (χ4v) is 4.02. The molecule has 1 atom stereocenters. The first-order valence-corrected chi connectivity index (χ1v) is 13.4. The molecule has 5 N–H and O–H groups in total. The number of alkyl halides is 2. The molecule has 3 rings (SSSR count). The number of carbonyl (C=O) groups is 2. The minimum Gasteiger partial charge on any atom is -0.490 e. The highest BCUT2D eigenvalue weighted by molar-refractivity contribution is 5.94. The van der Waals surface area contributed by atoms with E-state index in [4.69, 9.17) is 25.4 Å². The zero-order chi connectivity index (χ0) is 31.7. The summed E-state index contributed by atoms with van der Waals surface area (Å²) in [6.45, 7) is 2.71. The molecule has 43 heavy (non-hydrogen) atoms. The monoisotopic (exact) mass is 610 g/mol. The maximum atomic E-state index is 14.2. The Balaban J connectivity index is 2.04. The molecule has 2 aromatic carbocycles. The molecular formula is C29H34F4N4O6. The van der Waals surface area contributed by atoms with Crippen LogP contribution in [0.1, 0.15) is 67.9 Å². The van der Waals surface area contributed by atoms with Crippen molar-refractivity contribution in [1.82, 2.24) is 10.3 Å². The highest BCUT2D eigenvalue weighted by Gasteiger charge is 2.33. The molecule has 234 valence electrons. The second-order valence-corrected chi connectivity index (χ2v) is 10.7. The lowest BCUT2D eigenvalue weighted by Gasteiger charge is -2.24. The molecule has 2 amide bonds. The molecule has 3 aromatic rings. The second-order valence-electron chi connectivity index (χ2n) is 10.7. The number of nitrogens with one attached hydrogen (secondary N) is 1. The molecule has 0 aliphatic rings. The topological polar surface area (TPSA) is 152 Å². The number of benzene rings is 2. The number of rotatable bonds is 14. The Morgan fingerprint density at radius 1 is 1.07 bits per heavy atom. The number of hydrogen-bond acceptors (Lipinski definition) is 8. The molecule has 0 saturated heterocycles. The number of amides is 2. The quantitative estimate of drug-likeness (QED) is 0.152. The smallest absolute Gasteiger partial charge is 0.405 e. The van der Waals surface area contributed by atoms with Gasteiger partial charge in [-0.1, -0.05) is 26.8 Å². The van der Waals surface area contributed by atoms with Crippen LogP contribution < -0.4 is 26.3 Å². The molecule has 1 heterocycles. The minimum atomic E-state index is -3.11. The standard InChI is InChI=1S/C29H34F4N4O6/c1-29(2,3)14-22(42-28(35)39)24-23(25(38)36-15-17-6-8-18(30)13-19(17)31)37-26(43-24)16-7-9-20(41-27(32)33)21(12-16)40-11-5-4-10-34/h6-9,12-13,22,27H,4-5,10-11,14-15,34H2,1-3H3,(H2,35,39)(H,36,38). The molecule has 10 nitrogen and oxygen atoms in total. The Hall–Kier alpha value is -4.33. The van der Waals surface area contributed by atoms with Crippen LogP contribution in [0.2, 0.25) is 0 Å².